The summed E-state index contributed by atoms with van der Waals surface area (Å²) in [6.45, 7) is 10.2. The Labute approximate surface area is 71.2 Å². The first kappa shape index (κ1) is 13.0. The normalized spacial score (nSPS) is 11.2. The van der Waals surface area contributed by atoms with Gasteiger partial charge in [-0.2, -0.15) is 0 Å². The highest BCUT2D eigenvalue weighted by Gasteiger charge is 1.83. The highest BCUT2D eigenvalue weighted by molar-refractivity contribution is 5.55. The lowest BCUT2D eigenvalue weighted by molar-refractivity contribution is 1.03. The van der Waals surface area contributed by atoms with Crippen molar-refractivity contribution in [3.63, 3.8) is 0 Å². The fraction of sp³-hybridized carbons (Fsp3) is 0.700. The zero-order valence-electron chi connectivity index (χ0n) is 8.52. The molecule has 1 heteroatoms. The second-order valence-electron chi connectivity index (χ2n) is 1.84. The first-order chi connectivity index (χ1) is 5.35. The molecular formula is C10H21N. The van der Waals surface area contributed by atoms with Crippen molar-refractivity contribution in [2.75, 3.05) is 0 Å². The Balaban J connectivity index is 0. The molecule has 0 aromatic heterocycles. The van der Waals surface area contributed by atoms with Crippen LogP contribution in [0.1, 0.15) is 47.5 Å². The summed E-state index contributed by atoms with van der Waals surface area (Å²) in [5, 5.41) is 0. The molecule has 0 N–H and O–H groups in total. The molecule has 0 unspecified atom stereocenters. The Hall–Kier alpha value is -0.590. The van der Waals surface area contributed by atoms with Crippen LogP contribution in [-0.4, -0.2) is 6.21 Å². The molecule has 0 aliphatic rings. The molecule has 0 rings (SSSR count). The third-order valence-electron chi connectivity index (χ3n) is 1.10. The van der Waals surface area contributed by atoms with E-state index in [9.17, 15) is 0 Å². The third-order valence-corrected chi connectivity index (χ3v) is 1.10. The Kier molecular flexibility index (Phi) is 14.4. The van der Waals surface area contributed by atoms with E-state index in [0.717, 1.165) is 12.8 Å². The lowest BCUT2D eigenvalue weighted by Crippen LogP contribution is -1.74. The maximum atomic E-state index is 4.17. The van der Waals surface area contributed by atoms with Gasteiger partial charge in [0.05, 0.1) is 0 Å². The average molecular weight is 155 g/mol. The van der Waals surface area contributed by atoms with Gasteiger partial charge in [-0.05, 0) is 19.8 Å². The van der Waals surface area contributed by atoms with Crippen molar-refractivity contribution in [2.24, 2.45) is 4.99 Å². The first-order valence-corrected chi connectivity index (χ1v) is 4.52. The highest BCUT2D eigenvalue weighted by atomic mass is 14.7. The van der Waals surface area contributed by atoms with E-state index in [1.165, 1.54) is 5.70 Å². The molecule has 0 saturated carbocycles. The Morgan fingerprint density at radius 3 is 2.09 bits per heavy atom. The molecule has 0 aliphatic carbocycles. The third kappa shape index (κ3) is 9.41. The molecule has 0 heterocycles. The number of nitrogens with zero attached hydrogens (tertiary/aromatic N) is 1. The average Bonchev–Trinajstić information content (AvgIpc) is 2.08. The fourth-order valence-corrected chi connectivity index (χ4v) is 0.690. The van der Waals surface area contributed by atoms with Crippen molar-refractivity contribution < 1.29 is 0 Å². The van der Waals surface area contributed by atoms with E-state index < -0.39 is 0 Å². The Bertz CT molecular complexity index is 112. The van der Waals surface area contributed by atoms with Gasteiger partial charge in [0.25, 0.3) is 0 Å². The Morgan fingerprint density at radius 2 is 1.82 bits per heavy atom. The van der Waals surface area contributed by atoms with Gasteiger partial charge in [-0.15, -0.1) is 0 Å². The van der Waals surface area contributed by atoms with Gasteiger partial charge in [0.15, 0.2) is 0 Å². The molecule has 66 valence electrons. The molecule has 0 spiro atoms. The van der Waals surface area contributed by atoms with Crippen LogP contribution in [0.5, 0.6) is 0 Å². The van der Waals surface area contributed by atoms with Crippen molar-refractivity contribution in [1.82, 2.24) is 0 Å². The van der Waals surface area contributed by atoms with Gasteiger partial charge in [-0.1, -0.05) is 33.8 Å². The second-order valence-corrected chi connectivity index (χ2v) is 1.84. The molecule has 0 aromatic carbocycles. The molecule has 0 bridgehead atoms. The van der Waals surface area contributed by atoms with Crippen LogP contribution in [0.4, 0.5) is 0 Å². The van der Waals surface area contributed by atoms with Crippen LogP contribution in [0.3, 0.4) is 0 Å². The summed E-state index contributed by atoms with van der Waals surface area (Å²) in [4.78, 5) is 4.17. The van der Waals surface area contributed by atoms with Crippen LogP contribution in [0.2, 0.25) is 0 Å². The molecule has 0 amide bonds. The van der Waals surface area contributed by atoms with Crippen molar-refractivity contribution in [3.05, 3.63) is 11.8 Å². The SMILES string of the molecule is CC.CC=N/C(=C\CC)CC. The molecular weight excluding hydrogens is 134 g/mol. The lowest BCUT2D eigenvalue weighted by atomic mass is 10.3. The number of hydrogen-bond acceptors (Lipinski definition) is 1. The molecule has 0 saturated heterocycles. The van der Waals surface area contributed by atoms with Gasteiger partial charge in [0, 0.05) is 11.9 Å². The van der Waals surface area contributed by atoms with E-state index >= 15 is 0 Å². The zero-order chi connectivity index (χ0) is 9.11. The van der Waals surface area contributed by atoms with E-state index in [4.69, 9.17) is 0 Å². The Morgan fingerprint density at radius 1 is 1.27 bits per heavy atom. The number of allylic oxidation sites excluding steroid dienone is 2. The van der Waals surface area contributed by atoms with Crippen LogP contribution in [-0.2, 0) is 0 Å². The minimum absolute atomic E-state index is 1.04. The lowest BCUT2D eigenvalue weighted by Gasteiger charge is -1.92. The summed E-state index contributed by atoms with van der Waals surface area (Å²) >= 11 is 0. The van der Waals surface area contributed by atoms with Gasteiger partial charge in [-0.25, -0.2) is 0 Å². The largest absolute Gasteiger partial charge is 0.266 e. The quantitative estimate of drug-likeness (QED) is 0.550. The van der Waals surface area contributed by atoms with Gasteiger partial charge in [-0.3, -0.25) is 4.99 Å². The number of aliphatic imine (C=N–C) groups is 1. The predicted octanol–water partition coefficient (Wildman–Crippen LogP) is 3.81. The van der Waals surface area contributed by atoms with E-state index in [1.54, 1.807) is 0 Å². The number of hydrogen-bond donors (Lipinski definition) is 0. The molecule has 11 heavy (non-hydrogen) atoms. The van der Waals surface area contributed by atoms with Crippen molar-refractivity contribution in [1.29, 1.82) is 0 Å². The van der Waals surface area contributed by atoms with Gasteiger partial charge in [0.2, 0.25) is 0 Å². The maximum absolute atomic E-state index is 4.17. The van der Waals surface area contributed by atoms with Crippen LogP contribution >= 0.6 is 0 Å². The van der Waals surface area contributed by atoms with E-state index in [1.807, 2.05) is 27.0 Å². The molecule has 0 atom stereocenters. The van der Waals surface area contributed by atoms with Crippen LogP contribution in [0, 0.1) is 0 Å². The van der Waals surface area contributed by atoms with Gasteiger partial charge in [0.1, 0.15) is 0 Å². The highest BCUT2D eigenvalue weighted by Crippen LogP contribution is 2.01. The molecule has 1 nitrogen and oxygen atoms in total. The standard InChI is InChI=1S/C8H15N.C2H6/c1-4-7-8(5-2)9-6-3;1-2/h6-7H,4-5H2,1-3H3;1-2H3/b8-7-,9-6?;. The molecule has 0 fully saturated rings. The predicted molar refractivity (Wildman–Crippen MR) is 54.2 cm³/mol. The van der Waals surface area contributed by atoms with Gasteiger partial charge >= 0.3 is 0 Å². The summed E-state index contributed by atoms with van der Waals surface area (Å²) in [7, 11) is 0. The van der Waals surface area contributed by atoms with Crippen LogP contribution in [0.15, 0.2) is 16.8 Å². The molecule has 0 radical (unpaired) electrons. The minimum atomic E-state index is 1.04. The smallest absolute Gasteiger partial charge is 0.0356 e. The summed E-state index contributed by atoms with van der Waals surface area (Å²) in [5.74, 6) is 0. The minimum Gasteiger partial charge on any atom is -0.266 e. The van der Waals surface area contributed by atoms with E-state index in [-0.39, 0.29) is 0 Å². The topological polar surface area (TPSA) is 12.4 Å². The summed E-state index contributed by atoms with van der Waals surface area (Å²) in [6.07, 6.45) is 6.11. The summed E-state index contributed by atoms with van der Waals surface area (Å²) in [5.41, 5.74) is 1.19. The van der Waals surface area contributed by atoms with Crippen molar-refractivity contribution >= 4 is 6.21 Å². The zero-order valence-corrected chi connectivity index (χ0v) is 8.52. The first-order valence-electron chi connectivity index (χ1n) is 4.52. The maximum Gasteiger partial charge on any atom is 0.0356 e. The number of rotatable bonds is 3. The van der Waals surface area contributed by atoms with E-state index in [2.05, 4.69) is 24.9 Å². The molecule has 0 aromatic rings. The fourth-order valence-electron chi connectivity index (χ4n) is 0.690. The molecule has 0 aliphatic heterocycles. The summed E-state index contributed by atoms with van der Waals surface area (Å²) in [6, 6.07) is 0. The van der Waals surface area contributed by atoms with Crippen molar-refractivity contribution in [3.8, 4) is 0 Å². The van der Waals surface area contributed by atoms with Crippen molar-refractivity contribution in [2.45, 2.75) is 47.5 Å². The monoisotopic (exact) mass is 155 g/mol. The van der Waals surface area contributed by atoms with Crippen LogP contribution in [0.25, 0.3) is 0 Å². The van der Waals surface area contributed by atoms with E-state index in [0.29, 0.717) is 0 Å². The van der Waals surface area contributed by atoms with Gasteiger partial charge < -0.3 is 0 Å². The van der Waals surface area contributed by atoms with Crippen LogP contribution < -0.4 is 0 Å². The summed E-state index contributed by atoms with van der Waals surface area (Å²) < 4.78 is 0. The second kappa shape index (κ2) is 12.1.